The summed E-state index contributed by atoms with van der Waals surface area (Å²) in [6.07, 6.45) is 1.74. The lowest BCUT2D eigenvalue weighted by Crippen LogP contribution is -2.44. The van der Waals surface area contributed by atoms with Crippen LogP contribution in [0.2, 0.25) is 5.02 Å². The molecule has 1 saturated heterocycles. The van der Waals surface area contributed by atoms with Gasteiger partial charge in [0.05, 0.1) is 15.5 Å². The second-order valence-corrected chi connectivity index (χ2v) is 6.99. The van der Waals surface area contributed by atoms with Gasteiger partial charge in [-0.05, 0) is 24.8 Å². The van der Waals surface area contributed by atoms with Gasteiger partial charge in [-0.25, -0.2) is 0 Å². The van der Waals surface area contributed by atoms with Crippen molar-refractivity contribution in [3.8, 4) is 0 Å². The molecule has 25 heavy (non-hydrogen) atoms. The Morgan fingerprint density at radius 2 is 2.16 bits per heavy atom. The van der Waals surface area contributed by atoms with Gasteiger partial charge in [0, 0.05) is 37.7 Å². The summed E-state index contributed by atoms with van der Waals surface area (Å²) in [4.78, 5) is 36.4. The number of nitrogens with zero attached hydrogens (tertiary/aromatic N) is 2. The Morgan fingerprint density at radius 1 is 1.44 bits per heavy atom. The van der Waals surface area contributed by atoms with Crippen molar-refractivity contribution >= 4 is 29.1 Å². The first kappa shape index (κ1) is 19.2. The zero-order valence-electron chi connectivity index (χ0n) is 14.3. The molecule has 0 saturated carbocycles. The summed E-state index contributed by atoms with van der Waals surface area (Å²) in [7, 11) is 0. The van der Waals surface area contributed by atoms with Crippen LogP contribution in [0.1, 0.15) is 37.0 Å². The van der Waals surface area contributed by atoms with Crippen LogP contribution >= 0.6 is 11.6 Å². The number of likely N-dealkylation sites (tertiary alicyclic amines) is 1. The van der Waals surface area contributed by atoms with Crippen molar-refractivity contribution in [2.24, 2.45) is 11.8 Å². The zero-order valence-corrected chi connectivity index (χ0v) is 15.1. The van der Waals surface area contributed by atoms with Gasteiger partial charge in [-0.1, -0.05) is 25.4 Å². The maximum Gasteiger partial charge on any atom is 0.270 e. The molecule has 7 nitrogen and oxygen atoms in total. The molecule has 0 radical (unpaired) electrons. The summed E-state index contributed by atoms with van der Waals surface area (Å²) in [5.74, 6) is -0.235. The van der Waals surface area contributed by atoms with Gasteiger partial charge < -0.3 is 10.2 Å². The van der Waals surface area contributed by atoms with Crippen molar-refractivity contribution in [3.63, 3.8) is 0 Å². The normalized spacial score (nSPS) is 17.4. The molecule has 1 N–H and O–H groups in total. The largest absolute Gasteiger partial charge is 0.356 e. The average Bonchev–Trinajstić information content (AvgIpc) is 2.59. The second-order valence-electron chi connectivity index (χ2n) is 6.58. The summed E-state index contributed by atoms with van der Waals surface area (Å²) < 4.78 is 0. The summed E-state index contributed by atoms with van der Waals surface area (Å²) in [6.45, 7) is 5.25. The Balaban J connectivity index is 2.05. The monoisotopic (exact) mass is 367 g/mol. The molecule has 1 unspecified atom stereocenters. The van der Waals surface area contributed by atoms with Crippen molar-refractivity contribution in [2.75, 3.05) is 19.6 Å². The highest BCUT2D eigenvalue weighted by atomic mass is 35.5. The fraction of sp³-hybridized carbons (Fsp3) is 0.529. The molecule has 0 bridgehead atoms. The van der Waals surface area contributed by atoms with Crippen LogP contribution in [0.5, 0.6) is 0 Å². The number of rotatable bonds is 5. The van der Waals surface area contributed by atoms with E-state index in [0.29, 0.717) is 19.6 Å². The van der Waals surface area contributed by atoms with Crippen LogP contribution in [-0.4, -0.2) is 41.3 Å². The van der Waals surface area contributed by atoms with Gasteiger partial charge in [0.15, 0.2) is 0 Å². The molecule has 136 valence electrons. The molecule has 1 fully saturated rings. The lowest BCUT2D eigenvalue weighted by Gasteiger charge is -2.33. The Bertz CT molecular complexity index is 678. The summed E-state index contributed by atoms with van der Waals surface area (Å²) in [6, 6.07) is 3.87. The number of non-ortho nitro benzene ring substituents is 1. The van der Waals surface area contributed by atoms with Gasteiger partial charge >= 0.3 is 0 Å². The minimum Gasteiger partial charge on any atom is -0.356 e. The van der Waals surface area contributed by atoms with Gasteiger partial charge in [0.1, 0.15) is 0 Å². The molecular weight excluding hydrogens is 346 g/mol. The van der Waals surface area contributed by atoms with E-state index >= 15 is 0 Å². The average molecular weight is 368 g/mol. The van der Waals surface area contributed by atoms with Crippen molar-refractivity contribution in [1.29, 1.82) is 0 Å². The maximum absolute atomic E-state index is 12.7. The molecular formula is C17H22ClN3O4. The van der Waals surface area contributed by atoms with Gasteiger partial charge in [-0.3, -0.25) is 19.7 Å². The van der Waals surface area contributed by atoms with Crippen LogP contribution in [0, 0.1) is 22.0 Å². The number of nitro benzene ring substituents is 1. The minimum atomic E-state index is -0.548. The molecule has 2 rings (SSSR count). The van der Waals surface area contributed by atoms with Crippen LogP contribution in [0.3, 0.4) is 0 Å². The predicted molar refractivity (Wildman–Crippen MR) is 94.6 cm³/mol. The highest BCUT2D eigenvalue weighted by Gasteiger charge is 2.27. The van der Waals surface area contributed by atoms with Gasteiger partial charge in [0.2, 0.25) is 5.91 Å². The Labute approximate surface area is 151 Å². The van der Waals surface area contributed by atoms with Crippen LogP contribution in [0.15, 0.2) is 18.2 Å². The van der Waals surface area contributed by atoms with Gasteiger partial charge in [0.25, 0.3) is 11.6 Å². The number of nitrogens with one attached hydrogen (secondary N) is 1. The van der Waals surface area contributed by atoms with E-state index in [1.54, 1.807) is 4.90 Å². The number of carbonyl (C=O) groups excluding carboxylic acids is 2. The molecule has 0 spiro atoms. The summed E-state index contributed by atoms with van der Waals surface area (Å²) >= 11 is 6.06. The summed E-state index contributed by atoms with van der Waals surface area (Å²) in [5, 5.41) is 14.0. The van der Waals surface area contributed by atoms with Crippen molar-refractivity contribution in [3.05, 3.63) is 38.9 Å². The highest BCUT2D eigenvalue weighted by molar-refractivity contribution is 6.33. The van der Waals surface area contributed by atoms with Gasteiger partial charge in [-0.15, -0.1) is 0 Å². The van der Waals surface area contributed by atoms with E-state index in [0.717, 1.165) is 12.8 Å². The topological polar surface area (TPSA) is 92.6 Å². The fourth-order valence-electron chi connectivity index (χ4n) is 2.83. The van der Waals surface area contributed by atoms with E-state index < -0.39 is 4.92 Å². The SMILES string of the molecule is CC(C)C(=O)NCC1CCCN(C(=O)c2cc([N+](=O)[O-])ccc2Cl)C1. The van der Waals surface area contributed by atoms with E-state index in [1.807, 2.05) is 13.8 Å². The van der Waals surface area contributed by atoms with E-state index in [4.69, 9.17) is 11.6 Å². The molecule has 8 heteroatoms. The number of benzene rings is 1. The number of nitro groups is 1. The molecule has 0 aliphatic carbocycles. The first-order valence-corrected chi connectivity index (χ1v) is 8.68. The third kappa shape index (κ3) is 4.92. The Morgan fingerprint density at radius 3 is 2.80 bits per heavy atom. The lowest BCUT2D eigenvalue weighted by atomic mass is 9.97. The molecule has 0 aromatic heterocycles. The minimum absolute atomic E-state index is 0.00909. The highest BCUT2D eigenvalue weighted by Crippen LogP contribution is 2.25. The third-order valence-electron chi connectivity index (χ3n) is 4.29. The molecule has 1 aromatic carbocycles. The number of halogens is 1. The van der Waals surface area contributed by atoms with Crippen molar-refractivity contribution < 1.29 is 14.5 Å². The number of hydrogen-bond donors (Lipinski definition) is 1. The fourth-order valence-corrected chi connectivity index (χ4v) is 3.02. The molecule has 1 aromatic rings. The molecule has 1 aliphatic heterocycles. The van der Waals surface area contributed by atoms with E-state index in [1.165, 1.54) is 18.2 Å². The smallest absolute Gasteiger partial charge is 0.270 e. The lowest BCUT2D eigenvalue weighted by molar-refractivity contribution is -0.384. The second kappa shape index (κ2) is 8.29. The first-order chi connectivity index (χ1) is 11.8. The van der Waals surface area contributed by atoms with E-state index in [-0.39, 0.29) is 39.9 Å². The van der Waals surface area contributed by atoms with Gasteiger partial charge in [-0.2, -0.15) is 0 Å². The quantitative estimate of drug-likeness (QED) is 0.639. The van der Waals surface area contributed by atoms with Crippen molar-refractivity contribution in [1.82, 2.24) is 10.2 Å². The Kier molecular flexibility index (Phi) is 6.36. The van der Waals surface area contributed by atoms with Crippen LogP contribution in [0.25, 0.3) is 0 Å². The molecule has 1 heterocycles. The Hall–Kier alpha value is -2.15. The van der Waals surface area contributed by atoms with Crippen LogP contribution in [0.4, 0.5) is 5.69 Å². The molecule has 1 aliphatic rings. The number of amides is 2. The zero-order chi connectivity index (χ0) is 18.6. The van der Waals surface area contributed by atoms with E-state index in [9.17, 15) is 19.7 Å². The standard InChI is InChI=1S/C17H22ClN3O4/c1-11(2)16(22)19-9-12-4-3-7-20(10-12)17(23)14-8-13(21(24)25)5-6-15(14)18/h5-6,8,11-12H,3-4,7,9-10H2,1-2H3,(H,19,22). The first-order valence-electron chi connectivity index (χ1n) is 8.30. The number of carbonyl (C=O) groups is 2. The van der Waals surface area contributed by atoms with Crippen LogP contribution in [-0.2, 0) is 4.79 Å². The molecule has 2 amide bonds. The predicted octanol–water partition coefficient (Wildman–Crippen LogP) is 2.87. The molecule has 1 atom stereocenters. The van der Waals surface area contributed by atoms with Crippen LogP contribution < -0.4 is 5.32 Å². The number of piperidine rings is 1. The van der Waals surface area contributed by atoms with Crippen molar-refractivity contribution in [2.45, 2.75) is 26.7 Å². The maximum atomic E-state index is 12.7. The van der Waals surface area contributed by atoms with E-state index in [2.05, 4.69) is 5.32 Å². The summed E-state index contributed by atoms with van der Waals surface area (Å²) in [5.41, 5.74) is -0.0201. The third-order valence-corrected chi connectivity index (χ3v) is 4.62. The number of hydrogen-bond acceptors (Lipinski definition) is 4.